The maximum absolute atomic E-state index is 12.4. The van der Waals surface area contributed by atoms with E-state index in [-0.39, 0.29) is 17.8 Å². The lowest BCUT2D eigenvalue weighted by Crippen LogP contribution is -2.37. The molecular weight excluding hydrogens is 344 g/mol. The summed E-state index contributed by atoms with van der Waals surface area (Å²) in [6.07, 6.45) is 4.32. The van der Waals surface area contributed by atoms with Gasteiger partial charge in [-0.1, -0.05) is 12.1 Å². The first-order valence-electron chi connectivity index (χ1n) is 9.77. The van der Waals surface area contributed by atoms with Gasteiger partial charge in [-0.25, -0.2) is 0 Å². The van der Waals surface area contributed by atoms with Crippen molar-refractivity contribution in [3.05, 3.63) is 30.2 Å². The van der Waals surface area contributed by atoms with Gasteiger partial charge in [-0.2, -0.15) is 4.98 Å². The number of morpholine rings is 1. The summed E-state index contributed by atoms with van der Waals surface area (Å²) in [6, 6.07) is 8.21. The number of ether oxygens (including phenoxy) is 1. The van der Waals surface area contributed by atoms with Crippen molar-refractivity contribution in [3.8, 4) is 11.4 Å². The molecular formula is C20H26N4O3. The van der Waals surface area contributed by atoms with E-state index in [1.807, 2.05) is 24.3 Å². The molecule has 1 aromatic heterocycles. The lowest BCUT2D eigenvalue weighted by molar-refractivity contribution is 0.0878. The first-order chi connectivity index (χ1) is 13.2. The SMILES string of the molecule is CC1CCC(NC(=O)c2nc(-c3ccc(N4CCOCC4)cc3)no2)CC1. The third kappa shape index (κ3) is 4.30. The Morgan fingerprint density at radius 3 is 2.52 bits per heavy atom. The molecule has 0 spiro atoms. The van der Waals surface area contributed by atoms with E-state index >= 15 is 0 Å². The van der Waals surface area contributed by atoms with E-state index in [0.29, 0.717) is 5.82 Å². The molecule has 2 fully saturated rings. The molecule has 1 N–H and O–H groups in total. The number of hydrogen-bond donors (Lipinski definition) is 1. The van der Waals surface area contributed by atoms with Crippen LogP contribution in [0.5, 0.6) is 0 Å². The zero-order valence-electron chi connectivity index (χ0n) is 15.7. The van der Waals surface area contributed by atoms with Gasteiger partial charge >= 0.3 is 11.8 Å². The smallest absolute Gasteiger partial charge is 0.316 e. The van der Waals surface area contributed by atoms with E-state index in [1.54, 1.807) is 0 Å². The fraction of sp³-hybridized carbons (Fsp3) is 0.550. The van der Waals surface area contributed by atoms with Gasteiger partial charge in [0.1, 0.15) is 0 Å². The Balaban J connectivity index is 1.39. The quantitative estimate of drug-likeness (QED) is 0.891. The van der Waals surface area contributed by atoms with Gasteiger partial charge in [-0.15, -0.1) is 0 Å². The molecule has 1 saturated carbocycles. The van der Waals surface area contributed by atoms with Gasteiger partial charge in [0.25, 0.3) is 0 Å². The summed E-state index contributed by atoms with van der Waals surface area (Å²) in [4.78, 5) is 18.9. The van der Waals surface area contributed by atoms with Crippen LogP contribution in [0.15, 0.2) is 28.8 Å². The van der Waals surface area contributed by atoms with Crippen molar-refractivity contribution in [2.75, 3.05) is 31.2 Å². The molecule has 2 heterocycles. The lowest BCUT2D eigenvalue weighted by atomic mass is 9.87. The third-order valence-electron chi connectivity index (χ3n) is 5.47. The van der Waals surface area contributed by atoms with Gasteiger partial charge in [0.2, 0.25) is 5.82 Å². The van der Waals surface area contributed by atoms with Crippen LogP contribution in [0.4, 0.5) is 5.69 Å². The van der Waals surface area contributed by atoms with Crippen molar-refractivity contribution in [2.24, 2.45) is 5.92 Å². The van der Waals surface area contributed by atoms with Crippen molar-refractivity contribution < 1.29 is 14.1 Å². The molecule has 0 bridgehead atoms. The molecule has 7 heteroatoms. The number of carbonyl (C=O) groups excluding carboxylic acids is 1. The molecule has 1 aromatic carbocycles. The van der Waals surface area contributed by atoms with Crippen LogP contribution in [0, 0.1) is 5.92 Å². The van der Waals surface area contributed by atoms with E-state index < -0.39 is 0 Å². The molecule has 0 radical (unpaired) electrons. The first-order valence-corrected chi connectivity index (χ1v) is 9.77. The van der Waals surface area contributed by atoms with Crippen molar-refractivity contribution in [1.29, 1.82) is 0 Å². The molecule has 7 nitrogen and oxygen atoms in total. The average molecular weight is 370 g/mol. The van der Waals surface area contributed by atoms with Crippen LogP contribution in [0.1, 0.15) is 43.3 Å². The van der Waals surface area contributed by atoms with E-state index in [0.717, 1.165) is 69.2 Å². The van der Waals surface area contributed by atoms with Crippen LogP contribution in [0.3, 0.4) is 0 Å². The maximum Gasteiger partial charge on any atom is 0.316 e. The highest BCUT2D eigenvalue weighted by molar-refractivity contribution is 5.90. The van der Waals surface area contributed by atoms with Gasteiger partial charge in [0.15, 0.2) is 0 Å². The topological polar surface area (TPSA) is 80.5 Å². The Morgan fingerprint density at radius 2 is 1.81 bits per heavy atom. The number of aromatic nitrogens is 2. The van der Waals surface area contributed by atoms with Crippen LogP contribution in [0.25, 0.3) is 11.4 Å². The normalized spacial score (nSPS) is 23.2. The second-order valence-electron chi connectivity index (χ2n) is 7.50. The Morgan fingerprint density at radius 1 is 1.11 bits per heavy atom. The number of rotatable bonds is 4. The number of benzene rings is 1. The number of hydrogen-bond acceptors (Lipinski definition) is 6. The highest BCUT2D eigenvalue weighted by Crippen LogP contribution is 2.24. The Kier molecular flexibility index (Phi) is 5.38. The van der Waals surface area contributed by atoms with Crippen LogP contribution < -0.4 is 10.2 Å². The monoisotopic (exact) mass is 370 g/mol. The Bertz CT molecular complexity index is 760. The fourth-order valence-electron chi connectivity index (χ4n) is 3.73. The minimum atomic E-state index is -0.279. The number of amides is 1. The van der Waals surface area contributed by atoms with Crippen LogP contribution >= 0.6 is 0 Å². The van der Waals surface area contributed by atoms with Crippen molar-refractivity contribution >= 4 is 11.6 Å². The molecule has 2 aliphatic rings. The summed E-state index contributed by atoms with van der Waals surface area (Å²) in [5.74, 6) is 0.929. The predicted molar refractivity (Wildman–Crippen MR) is 102 cm³/mol. The lowest BCUT2D eigenvalue weighted by Gasteiger charge is -2.28. The van der Waals surface area contributed by atoms with Gasteiger partial charge < -0.3 is 19.5 Å². The highest BCUT2D eigenvalue weighted by atomic mass is 16.5. The average Bonchev–Trinajstić information content (AvgIpc) is 3.21. The predicted octanol–water partition coefficient (Wildman–Crippen LogP) is 2.88. The first kappa shape index (κ1) is 18.0. The molecule has 1 aliphatic heterocycles. The van der Waals surface area contributed by atoms with Crippen LogP contribution in [-0.4, -0.2) is 48.4 Å². The zero-order chi connectivity index (χ0) is 18.6. The van der Waals surface area contributed by atoms with E-state index in [9.17, 15) is 4.79 Å². The summed E-state index contributed by atoms with van der Waals surface area (Å²) >= 11 is 0. The number of nitrogens with zero attached hydrogens (tertiary/aromatic N) is 3. The maximum atomic E-state index is 12.4. The minimum Gasteiger partial charge on any atom is -0.378 e. The summed E-state index contributed by atoms with van der Waals surface area (Å²) in [5.41, 5.74) is 1.98. The van der Waals surface area contributed by atoms with Crippen molar-refractivity contribution in [1.82, 2.24) is 15.5 Å². The number of nitrogens with one attached hydrogen (secondary N) is 1. The Labute approximate surface area is 159 Å². The van der Waals surface area contributed by atoms with Gasteiger partial charge in [0.05, 0.1) is 13.2 Å². The summed E-state index contributed by atoms with van der Waals surface area (Å²) in [6.45, 7) is 5.56. The Hall–Kier alpha value is -2.41. The molecule has 1 amide bonds. The number of carbonyl (C=O) groups is 1. The molecule has 1 saturated heterocycles. The molecule has 144 valence electrons. The van der Waals surface area contributed by atoms with Crippen LogP contribution in [-0.2, 0) is 4.74 Å². The largest absolute Gasteiger partial charge is 0.378 e. The summed E-state index contributed by atoms with van der Waals surface area (Å²) in [5, 5.41) is 6.99. The van der Waals surface area contributed by atoms with E-state index in [4.69, 9.17) is 9.26 Å². The van der Waals surface area contributed by atoms with Crippen LogP contribution in [0.2, 0.25) is 0 Å². The summed E-state index contributed by atoms with van der Waals surface area (Å²) < 4.78 is 10.6. The molecule has 0 unspecified atom stereocenters. The minimum absolute atomic E-state index is 0.0286. The molecule has 1 aliphatic carbocycles. The second-order valence-corrected chi connectivity index (χ2v) is 7.50. The van der Waals surface area contributed by atoms with Gasteiger partial charge in [-0.05, 0) is 55.9 Å². The van der Waals surface area contributed by atoms with E-state index in [2.05, 4.69) is 27.3 Å². The second kappa shape index (κ2) is 8.08. The van der Waals surface area contributed by atoms with Crippen molar-refractivity contribution in [3.63, 3.8) is 0 Å². The molecule has 2 aromatic rings. The van der Waals surface area contributed by atoms with E-state index in [1.165, 1.54) is 0 Å². The number of anilines is 1. The standard InChI is InChI=1S/C20H26N4O3/c1-14-2-6-16(7-3-14)21-19(25)20-22-18(23-27-20)15-4-8-17(9-5-15)24-10-12-26-13-11-24/h4-5,8-9,14,16H,2-3,6-7,10-13H2,1H3,(H,21,25). The highest BCUT2D eigenvalue weighted by Gasteiger charge is 2.23. The molecule has 0 atom stereocenters. The molecule has 4 rings (SSSR count). The van der Waals surface area contributed by atoms with Crippen molar-refractivity contribution in [2.45, 2.75) is 38.6 Å². The zero-order valence-corrected chi connectivity index (χ0v) is 15.7. The van der Waals surface area contributed by atoms with Gasteiger partial charge in [-0.3, -0.25) is 4.79 Å². The fourth-order valence-corrected chi connectivity index (χ4v) is 3.73. The molecule has 27 heavy (non-hydrogen) atoms. The summed E-state index contributed by atoms with van der Waals surface area (Å²) in [7, 11) is 0. The van der Waals surface area contributed by atoms with Gasteiger partial charge in [0, 0.05) is 30.4 Å². The third-order valence-corrected chi connectivity index (χ3v) is 5.47.